The van der Waals surface area contributed by atoms with E-state index in [1.807, 2.05) is 6.08 Å². The first-order chi connectivity index (χ1) is 15.8. The van der Waals surface area contributed by atoms with Crippen molar-refractivity contribution in [2.75, 3.05) is 36.6 Å². The Bertz CT molecular complexity index is 1030. The van der Waals surface area contributed by atoms with Crippen LogP contribution >= 0.6 is 0 Å². The van der Waals surface area contributed by atoms with Crippen molar-refractivity contribution in [1.82, 2.24) is 9.97 Å². The summed E-state index contributed by atoms with van der Waals surface area (Å²) < 4.78 is 58.2. The molecule has 0 aliphatic carbocycles. The molecule has 0 unspecified atom stereocenters. The van der Waals surface area contributed by atoms with Gasteiger partial charge in [0.05, 0.1) is 37.0 Å². The molecule has 0 saturated carbocycles. The van der Waals surface area contributed by atoms with Gasteiger partial charge in [0.15, 0.2) is 11.6 Å². The molecule has 0 radical (unpaired) electrons. The molecule has 0 spiro atoms. The first kappa shape index (κ1) is 24.3. The van der Waals surface area contributed by atoms with E-state index in [0.717, 1.165) is 19.2 Å². The van der Waals surface area contributed by atoms with Gasteiger partial charge in [-0.15, -0.1) is 0 Å². The minimum atomic E-state index is -4.41. The van der Waals surface area contributed by atoms with Crippen LogP contribution < -0.4 is 10.3 Å². The largest absolute Gasteiger partial charge is 0.412 e. The van der Waals surface area contributed by atoms with Gasteiger partial charge in [0.2, 0.25) is 5.95 Å². The highest BCUT2D eigenvalue weighted by Crippen LogP contribution is 2.28. The molecule has 0 aromatic carbocycles. The Morgan fingerprint density at radius 2 is 2.03 bits per heavy atom. The maximum absolute atomic E-state index is 14.1. The number of allylic oxidation sites excluding steroid dienone is 6. The lowest BCUT2D eigenvalue weighted by Crippen LogP contribution is -2.37. The zero-order valence-corrected chi connectivity index (χ0v) is 18.2. The van der Waals surface area contributed by atoms with E-state index in [9.17, 15) is 17.6 Å². The summed E-state index contributed by atoms with van der Waals surface area (Å²) in [6.45, 7) is 4.67. The lowest BCUT2D eigenvalue weighted by molar-refractivity contribution is -0.0913. The highest BCUT2D eigenvalue weighted by Gasteiger charge is 2.30. The molecule has 2 aliphatic heterocycles. The summed E-state index contributed by atoms with van der Waals surface area (Å²) in [5, 5.41) is 4.05. The van der Waals surface area contributed by atoms with Gasteiger partial charge in [0.25, 0.3) is 0 Å². The van der Waals surface area contributed by atoms with Crippen molar-refractivity contribution >= 4 is 23.7 Å². The molecule has 3 heterocycles. The Hall–Kier alpha value is -3.34. The second-order valence-corrected chi connectivity index (χ2v) is 7.17. The Labute approximate surface area is 189 Å². The van der Waals surface area contributed by atoms with Crippen LogP contribution in [0.2, 0.25) is 0 Å². The lowest BCUT2D eigenvalue weighted by Gasteiger charge is -2.27. The van der Waals surface area contributed by atoms with Gasteiger partial charge in [-0.2, -0.15) is 23.3 Å². The van der Waals surface area contributed by atoms with Crippen LogP contribution in [-0.4, -0.2) is 54.4 Å². The summed E-state index contributed by atoms with van der Waals surface area (Å²) in [4.78, 5) is 14.2. The van der Waals surface area contributed by atoms with E-state index in [2.05, 4.69) is 25.5 Å². The van der Waals surface area contributed by atoms with Crippen molar-refractivity contribution in [3.8, 4) is 0 Å². The number of hydrogen-bond acceptors (Lipinski definition) is 7. The molecule has 33 heavy (non-hydrogen) atoms. The van der Waals surface area contributed by atoms with Gasteiger partial charge >= 0.3 is 6.18 Å². The summed E-state index contributed by atoms with van der Waals surface area (Å²) >= 11 is 0. The van der Waals surface area contributed by atoms with E-state index < -0.39 is 17.6 Å². The van der Waals surface area contributed by atoms with Gasteiger partial charge in [-0.25, -0.2) is 19.8 Å². The number of nitrogens with one attached hydrogen (secondary N) is 1. The zero-order chi connectivity index (χ0) is 23.8. The van der Waals surface area contributed by atoms with Gasteiger partial charge in [0, 0.05) is 18.7 Å². The van der Waals surface area contributed by atoms with E-state index in [4.69, 9.17) is 4.74 Å². The molecule has 1 aromatic rings. The van der Waals surface area contributed by atoms with Crippen LogP contribution in [0.1, 0.15) is 20.3 Å². The predicted octanol–water partition coefficient (Wildman–Crippen LogP) is 4.59. The normalized spacial score (nSPS) is 18.3. The molecular formula is C22H24F4N6O. The maximum atomic E-state index is 14.1. The second-order valence-electron chi connectivity index (χ2n) is 7.17. The Morgan fingerprint density at radius 3 is 2.73 bits per heavy atom. The van der Waals surface area contributed by atoms with Crippen molar-refractivity contribution in [1.29, 1.82) is 0 Å². The molecule has 1 saturated heterocycles. The fourth-order valence-electron chi connectivity index (χ4n) is 3.03. The number of nitrogens with zero attached hydrogens (tertiary/aromatic N) is 5. The van der Waals surface area contributed by atoms with Gasteiger partial charge in [-0.05, 0) is 38.0 Å². The van der Waals surface area contributed by atoms with Gasteiger partial charge in [-0.3, -0.25) is 0 Å². The Balaban J connectivity index is 1.74. The quantitative estimate of drug-likeness (QED) is 0.289. The summed E-state index contributed by atoms with van der Waals surface area (Å²) in [6, 6.07) is 0. The van der Waals surface area contributed by atoms with Crippen molar-refractivity contribution in [3.63, 3.8) is 0 Å². The topological polar surface area (TPSA) is 75.0 Å². The average Bonchev–Trinajstić information content (AvgIpc) is 3.04. The van der Waals surface area contributed by atoms with Crippen molar-refractivity contribution in [3.05, 3.63) is 59.2 Å². The predicted molar refractivity (Wildman–Crippen MR) is 120 cm³/mol. The Morgan fingerprint density at radius 1 is 1.27 bits per heavy atom. The zero-order valence-electron chi connectivity index (χ0n) is 18.2. The number of anilines is 2. The molecular weight excluding hydrogens is 440 g/mol. The van der Waals surface area contributed by atoms with Crippen LogP contribution in [0.25, 0.3) is 0 Å². The molecule has 1 N–H and O–H groups in total. The van der Waals surface area contributed by atoms with Crippen LogP contribution in [-0.2, 0) is 4.74 Å². The third-order valence-electron chi connectivity index (χ3n) is 4.81. The van der Waals surface area contributed by atoms with Crippen molar-refractivity contribution < 1.29 is 22.3 Å². The molecule has 0 atom stereocenters. The van der Waals surface area contributed by atoms with Crippen molar-refractivity contribution in [2.45, 2.75) is 26.4 Å². The third-order valence-corrected chi connectivity index (χ3v) is 4.81. The molecule has 3 rings (SSSR count). The van der Waals surface area contributed by atoms with Crippen LogP contribution in [0.15, 0.2) is 63.5 Å². The SMILES string of the molecule is C/C=C(\C=C(/C)C(F)(F)F)C1=CCC=CC(/C=N/Nc2ncc(F)c(N3CCOCC3)n2)=N1. The Kier molecular flexibility index (Phi) is 8.10. The average molecular weight is 464 g/mol. The smallest absolute Gasteiger partial charge is 0.378 e. The molecule has 176 valence electrons. The highest BCUT2D eigenvalue weighted by atomic mass is 19.4. The van der Waals surface area contributed by atoms with E-state index in [-0.39, 0.29) is 11.8 Å². The first-order valence-corrected chi connectivity index (χ1v) is 10.3. The number of morpholine rings is 1. The lowest BCUT2D eigenvalue weighted by atomic mass is 10.1. The van der Waals surface area contributed by atoms with Crippen LogP contribution in [0, 0.1) is 5.82 Å². The minimum absolute atomic E-state index is 0.0981. The van der Waals surface area contributed by atoms with Crippen LogP contribution in [0.5, 0.6) is 0 Å². The van der Waals surface area contributed by atoms with Gasteiger partial charge < -0.3 is 9.64 Å². The van der Waals surface area contributed by atoms with Crippen LogP contribution in [0.4, 0.5) is 29.3 Å². The number of halogens is 4. The molecule has 1 fully saturated rings. The van der Waals surface area contributed by atoms with E-state index in [1.54, 1.807) is 30.1 Å². The minimum Gasteiger partial charge on any atom is -0.378 e. The highest BCUT2D eigenvalue weighted by molar-refractivity contribution is 6.36. The number of ether oxygens (including phenoxy) is 1. The van der Waals surface area contributed by atoms with E-state index >= 15 is 0 Å². The summed E-state index contributed by atoms with van der Waals surface area (Å²) in [5.41, 5.74) is 3.10. The molecule has 2 aliphatic rings. The third kappa shape index (κ3) is 6.82. The molecule has 0 amide bonds. The van der Waals surface area contributed by atoms with Crippen molar-refractivity contribution in [2.24, 2.45) is 10.1 Å². The molecule has 1 aromatic heterocycles. The standard InChI is InChI=1S/C22H24F4N6O/c1-3-16(12-15(2)22(24,25)26)19-7-5-4-6-17(29-19)13-28-31-21-27-14-18(23)20(30-21)32-8-10-33-11-9-32/h3-4,6-7,12-14H,5,8-11H2,1-2H3,(H,27,30,31)/b15-12+,16-3+,28-13+. The van der Waals surface area contributed by atoms with Gasteiger partial charge in [-0.1, -0.05) is 18.2 Å². The number of aromatic nitrogens is 2. The van der Waals surface area contributed by atoms with Crippen LogP contribution in [0.3, 0.4) is 0 Å². The first-order valence-electron chi connectivity index (χ1n) is 10.3. The molecule has 7 nitrogen and oxygen atoms in total. The number of hydrogen-bond donors (Lipinski definition) is 1. The number of hydrazone groups is 1. The molecule has 11 heteroatoms. The number of rotatable bonds is 6. The van der Waals surface area contributed by atoms with E-state index in [0.29, 0.717) is 49.7 Å². The fourth-order valence-corrected chi connectivity index (χ4v) is 3.03. The summed E-state index contributed by atoms with van der Waals surface area (Å²) in [5.74, 6) is -0.285. The van der Waals surface area contributed by atoms with E-state index in [1.165, 1.54) is 6.21 Å². The fraction of sp³-hybridized carbons (Fsp3) is 0.364. The number of alkyl halides is 3. The molecule has 0 bridgehead atoms. The summed E-state index contributed by atoms with van der Waals surface area (Å²) in [6.07, 6.45) is 6.43. The second kappa shape index (κ2) is 11.0. The monoisotopic (exact) mass is 464 g/mol. The van der Waals surface area contributed by atoms with Gasteiger partial charge in [0.1, 0.15) is 0 Å². The maximum Gasteiger partial charge on any atom is 0.412 e. The number of aliphatic imine (C=N–C) groups is 1. The summed E-state index contributed by atoms with van der Waals surface area (Å²) in [7, 11) is 0.